The van der Waals surface area contributed by atoms with Crippen molar-refractivity contribution in [3.05, 3.63) is 42.4 Å². The number of nitrogens with zero attached hydrogens (tertiary/aromatic N) is 1. The van der Waals surface area contributed by atoms with Crippen LogP contribution in [0.3, 0.4) is 0 Å². The van der Waals surface area contributed by atoms with Crippen LogP contribution >= 0.6 is 0 Å². The van der Waals surface area contributed by atoms with Gasteiger partial charge < -0.3 is 9.64 Å². The second-order valence-corrected chi connectivity index (χ2v) is 5.99. The molecular formula is C16H22LiNO2. The fourth-order valence-corrected chi connectivity index (χ4v) is 2.27. The van der Waals surface area contributed by atoms with Crippen molar-refractivity contribution >= 4 is 6.09 Å². The van der Waals surface area contributed by atoms with Gasteiger partial charge in [0.05, 0.1) is 0 Å². The average molecular weight is 267 g/mol. The number of amides is 1. The van der Waals surface area contributed by atoms with Gasteiger partial charge in [0.25, 0.3) is 0 Å². The van der Waals surface area contributed by atoms with E-state index in [4.69, 9.17) is 4.74 Å². The van der Waals surface area contributed by atoms with Gasteiger partial charge in [-0.15, -0.1) is 0 Å². The van der Waals surface area contributed by atoms with E-state index in [9.17, 15) is 4.79 Å². The van der Waals surface area contributed by atoms with Crippen LogP contribution in [-0.4, -0.2) is 23.1 Å². The summed E-state index contributed by atoms with van der Waals surface area (Å²) in [6, 6.07) is 10.5. The van der Waals surface area contributed by atoms with Gasteiger partial charge >= 0.3 is 25.0 Å². The molecule has 4 heteroatoms. The molecule has 104 valence electrons. The minimum atomic E-state index is -0.429. The summed E-state index contributed by atoms with van der Waals surface area (Å²) in [7, 11) is 0. The van der Waals surface area contributed by atoms with Crippen molar-refractivity contribution in [2.75, 3.05) is 6.54 Å². The molecule has 1 unspecified atom stereocenters. The zero-order valence-corrected chi connectivity index (χ0v) is 12.9. The average Bonchev–Trinajstić information content (AvgIpc) is 2.38. The van der Waals surface area contributed by atoms with Crippen LogP contribution in [0.25, 0.3) is 0 Å². The Morgan fingerprint density at radius 3 is 2.45 bits per heavy atom. The van der Waals surface area contributed by atoms with Gasteiger partial charge in [-0.1, -0.05) is 30.3 Å². The first-order valence-electron chi connectivity index (χ1n) is 6.83. The third-order valence-electron chi connectivity index (χ3n) is 3.23. The molecule has 1 fully saturated rings. The molecule has 0 saturated carbocycles. The molecule has 0 spiro atoms. The largest absolute Gasteiger partial charge is 1.00 e. The van der Waals surface area contributed by atoms with Crippen molar-refractivity contribution in [1.29, 1.82) is 0 Å². The van der Waals surface area contributed by atoms with E-state index in [1.54, 1.807) is 4.90 Å². The number of hydrogen-bond donors (Lipinski definition) is 0. The molecule has 20 heavy (non-hydrogen) atoms. The predicted octanol–water partition coefficient (Wildman–Crippen LogP) is 0.967. The summed E-state index contributed by atoms with van der Waals surface area (Å²) in [6.07, 6.45) is 1.64. The Bertz CT molecular complexity index is 420. The molecular weight excluding hydrogens is 245 g/mol. The van der Waals surface area contributed by atoms with E-state index in [1.165, 1.54) is 5.56 Å². The number of likely N-dealkylation sites (tertiary alicyclic amines) is 1. The normalized spacial score (nSPS) is 19.1. The fourth-order valence-electron chi connectivity index (χ4n) is 2.27. The molecule has 1 saturated heterocycles. The van der Waals surface area contributed by atoms with Crippen molar-refractivity contribution in [2.24, 2.45) is 0 Å². The maximum absolute atomic E-state index is 11.9. The minimum Gasteiger partial charge on any atom is -0.457 e. The second-order valence-electron chi connectivity index (χ2n) is 5.99. The summed E-state index contributed by atoms with van der Waals surface area (Å²) in [5.74, 6) is 0.514. The summed E-state index contributed by atoms with van der Waals surface area (Å²) < 4.78 is 5.37. The molecule has 1 aromatic rings. The molecule has 1 aliphatic rings. The summed E-state index contributed by atoms with van der Waals surface area (Å²) in [4.78, 5) is 13.6. The Morgan fingerprint density at radius 1 is 1.30 bits per heavy atom. The van der Waals surface area contributed by atoms with Crippen molar-refractivity contribution in [3.8, 4) is 0 Å². The number of piperidine rings is 1. The molecule has 1 amide bonds. The van der Waals surface area contributed by atoms with Crippen molar-refractivity contribution in [2.45, 2.75) is 45.1 Å². The molecule has 0 N–H and O–H groups in total. The maximum Gasteiger partial charge on any atom is 1.00 e. The van der Waals surface area contributed by atoms with Gasteiger partial charge in [0, 0.05) is 0 Å². The van der Waals surface area contributed by atoms with Gasteiger partial charge in [0.1, 0.15) is 5.60 Å². The Hall–Kier alpha value is -0.913. The number of hydrogen-bond acceptors (Lipinski definition) is 2. The molecule has 1 atom stereocenters. The van der Waals surface area contributed by atoms with Crippen LogP contribution in [0.4, 0.5) is 4.79 Å². The predicted molar refractivity (Wildman–Crippen MR) is 75.7 cm³/mol. The molecule has 0 radical (unpaired) electrons. The Morgan fingerprint density at radius 2 is 1.95 bits per heavy atom. The van der Waals surface area contributed by atoms with E-state index in [0.29, 0.717) is 5.92 Å². The summed E-state index contributed by atoms with van der Waals surface area (Å²) in [6.45, 7) is 8.37. The van der Waals surface area contributed by atoms with Gasteiger partial charge in [0.2, 0.25) is 0 Å². The molecule has 0 aliphatic carbocycles. The third kappa shape index (κ3) is 4.89. The standard InChI is InChI=1S/C16H22NO2.Li/c1-16(2,3)19-15(18)17-11-9-14(10-12-17)13-7-5-4-6-8-13;/h4-8,11,14H,9-10,12H2,1-3H3;/q-1;+1. The Balaban J connectivity index is 0.00000200. The van der Waals surface area contributed by atoms with Crippen LogP contribution < -0.4 is 18.9 Å². The smallest absolute Gasteiger partial charge is 0.457 e. The molecule has 0 aromatic heterocycles. The van der Waals surface area contributed by atoms with E-state index in [2.05, 4.69) is 24.3 Å². The first-order valence-corrected chi connectivity index (χ1v) is 6.83. The molecule has 1 heterocycles. The number of carbonyl (C=O) groups is 1. The summed E-state index contributed by atoms with van der Waals surface area (Å²) in [5, 5.41) is 0. The first-order chi connectivity index (χ1) is 8.96. The van der Waals surface area contributed by atoms with E-state index >= 15 is 0 Å². The zero-order chi connectivity index (χ0) is 13.9. The molecule has 3 nitrogen and oxygen atoms in total. The van der Waals surface area contributed by atoms with Crippen molar-refractivity contribution in [3.63, 3.8) is 0 Å². The van der Waals surface area contributed by atoms with Gasteiger partial charge in [-0.05, 0) is 45.2 Å². The number of rotatable bonds is 1. The van der Waals surface area contributed by atoms with E-state index in [0.717, 1.165) is 19.4 Å². The van der Waals surface area contributed by atoms with Crippen LogP contribution in [0.15, 0.2) is 30.3 Å². The van der Waals surface area contributed by atoms with Crippen molar-refractivity contribution in [1.82, 2.24) is 4.90 Å². The second kappa shape index (κ2) is 7.20. The molecule has 1 aromatic carbocycles. The quantitative estimate of drug-likeness (QED) is 0.560. The van der Waals surface area contributed by atoms with E-state index < -0.39 is 5.60 Å². The Kier molecular flexibility index (Phi) is 6.17. The summed E-state index contributed by atoms with van der Waals surface area (Å²) in [5.41, 5.74) is 0.920. The number of benzene rings is 1. The van der Waals surface area contributed by atoms with Gasteiger partial charge in [0.15, 0.2) is 0 Å². The van der Waals surface area contributed by atoms with Crippen LogP contribution in [-0.2, 0) is 4.74 Å². The molecule has 2 rings (SSSR count). The minimum absolute atomic E-state index is 0. The van der Waals surface area contributed by atoms with E-state index in [1.807, 2.05) is 33.4 Å². The SMILES string of the molecule is CC(C)(C)OC(=O)N1[CH-]CC(c2ccccc2)CC1.[Li+]. The number of carbonyl (C=O) groups excluding carboxylic acids is 1. The zero-order valence-electron chi connectivity index (χ0n) is 12.9. The van der Waals surface area contributed by atoms with Gasteiger partial charge in [-0.2, -0.15) is 6.42 Å². The number of ether oxygens (including phenoxy) is 1. The van der Waals surface area contributed by atoms with Crippen LogP contribution in [0.2, 0.25) is 0 Å². The van der Waals surface area contributed by atoms with Gasteiger partial charge in [-0.25, -0.2) is 11.3 Å². The summed E-state index contributed by atoms with van der Waals surface area (Å²) >= 11 is 0. The van der Waals surface area contributed by atoms with Gasteiger partial charge in [-0.3, -0.25) is 0 Å². The van der Waals surface area contributed by atoms with Crippen molar-refractivity contribution < 1.29 is 28.4 Å². The first kappa shape index (κ1) is 17.1. The fraction of sp³-hybridized carbons (Fsp3) is 0.500. The monoisotopic (exact) mass is 267 g/mol. The third-order valence-corrected chi connectivity index (χ3v) is 3.23. The van der Waals surface area contributed by atoms with E-state index in [-0.39, 0.29) is 25.0 Å². The molecule has 0 bridgehead atoms. The van der Waals surface area contributed by atoms with Crippen LogP contribution in [0.5, 0.6) is 0 Å². The molecule has 1 aliphatic heterocycles. The maximum atomic E-state index is 11.9. The topological polar surface area (TPSA) is 29.5 Å². The van der Waals surface area contributed by atoms with Crippen LogP contribution in [0.1, 0.15) is 45.1 Å². The van der Waals surface area contributed by atoms with Crippen LogP contribution in [0, 0.1) is 6.54 Å². The Labute approximate surface area is 133 Å².